The van der Waals surface area contributed by atoms with E-state index in [0.717, 1.165) is 44.6 Å². The summed E-state index contributed by atoms with van der Waals surface area (Å²) in [5.74, 6) is 0.629. The van der Waals surface area contributed by atoms with Crippen LogP contribution in [0.1, 0.15) is 37.0 Å². The first-order chi connectivity index (χ1) is 12.0. The number of likely N-dealkylation sites (tertiary alicyclic amines) is 3. The Morgan fingerprint density at radius 1 is 1.16 bits per heavy atom. The zero-order valence-electron chi connectivity index (χ0n) is 15.1. The minimum Gasteiger partial charge on any atom is -0.342 e. The zero-order valence-corrected chi connectivity index (χ0v) is 15.9. The topological polar surface area (TPSA) is 43.9 Å². The SMILES string of the molecule is CC(C)N1C[C@H]2CN(C(=O)c3ccsc3)C[C@@]2(C(=O)N2CCCC2)C1. The lowest BCUT2D eigenvalue weighted by Crippen LogP contribution is -2.49. The fourth-order valence-corrected chi connectivity index (χ4v) is 5.39. The Balaban J connectivity index is 1.59. The molecule has 3 saturated heterocycles. The van der Waals surface area contributed by atoms with E-state index in [1.54, 1.807) is 11.3 Å². The molecule has 2 amide bonds. The van der Waals surface area contributed by atoms with Gasteiger partial charge in [-0.2, -0.15) is 11.3 Å². The average Bonchev–Trinajstić information content (AvgIpc) is 3.36. The van der Waals surface area contributed by atoms with Gasteiger partial charge >= 0.3 is 0 Å². The van der Waals surface area contributed by atoms with E-state index in [4.69, 9.17) is 0 Å². The number of rotatable bonds is 3. The number of carbonyl (C=O) groups is 2. The first-order valence-corrected chi connectivity index (χ1v) is 10.3. The summed E-state index contributed by atoms with van der Waals surface area (Å²) < 4.78 is 0. The maximum Gasteiger partial charge on any atom is 0.254 e. The standard InChI is InChI=1S/C19H27N3O2S/c1-14(2)21-9-16-10-22(17(23)15-5-8-25-11-15)13-19(16,12-21)18(24)20-6-3-4-7-20/h5,8,11,14,16H,3-4,6-7,9-10,12-13H2,1-2H3/t16-,19-/m0/s1. The minimum absolute atomic E-state index is 0.0837. The first kappa shape index (κ1) is 17.0. The normalized spacial score (nSPS) is 29.6. The fraction of sp³-hybridized carbons (Fsp3) is 0.684. The Hall–Kier alpha value is -1.40. The summed E-state index contributed by atoms with van der Waals surface area (Å²) in [4.78, 5) is 32.7. The molecule has 0 aliphatic carbocycles. The van der Waals surface area contributed by atoms with Crippen molar-refractivity contribution < 1.29 is 9.59 Å². The second-order valence-corrected chi connectivity index (χ2v) is 8.85. The molecular weight excluding hydrogens is 334 g/mol. The highest BCUT2D eigenvalue weighted by Crippen LogP contribution is 2.45. The van der Waals surface area contributed by atoms with Crippen LogP contribution < -0.4 is 0 Å². The van der Waals surface area contributed by atoms with E-state index < -0.39 is 5.41 Å². The number of thiophene rings is 1. The molecule has 6 heteroatoms. The Morgan fingerprint density at radius 2 is 1.92 bits per heavy atom. The highest BCUT2D eigenvalue weighted by Gasteiger charge is 2.59. The van der Waals surface area contributed by atoms with Gasteiger partial charge in [0.1, 0.15) is 0 Å². The molecule has 136 valence electrons. The van der Waals surface area contributed by atoms with Crippen molar-refractivity contribution in [2.75, 3.05) is 39.3 Å². The van der Waals surface area contributed by atoms with Gasteiger partial charge in [0, 0.05) is 56.6 Å². The highest BCUT2D eigenvalue weighted by molar-refractivity contribution is 7.08. The van der Waals surface area contributed by atoms with E-state index in [1.807, 2.05) is 21.7 Å². The van der Waals surface area contributed by atoms with Gasteiger partial charge in [0.2, 0.25) is 5.91 Å². The van der Waals surface area contributed by atoms with E-state index in [-0.39, 0.29) is 11.8 Å². The van der Waals surface area contributed by atoms with E-state index in [0.29, 0.717) is 25.0 Å². The number of fused-ring (bicyclic) bond motifs is 1. The molecule has 5 nitrogen and oxygen atoms in total. The molecule has 3 fully saturated rings. The maximum absolute atomic E-state index is 13.4. The molecule has 0 spiro atoms. The van der Waals surface area contributed by atoms with Crippen LogP contribution in [0.3, 0.4) is 0 Å². The van der Waals surface area contributed by atoms with Gasteiger partial charge in [0.05, 0.1) is 11.0 Å². The van der Waals surface area contributed by atoms with Gasteiger partial charge in [-0.15, -0.1) is 0 Å². The molecule has 0 bridgehead atoms. The summed E-state index contributed by atoms with van der Waals surface area (Å²) in [5, 5.41) is 3.85. The summed E-state index contributed by atoms with van der Waals surface area (Å²) in [7, 11) is 0. The molecule has 0 unspecified atom stereocenters. The molecule has 4 heterocycles. The molecule has 0 aromatic carbocycles. The summed E-state index contributed by atoms with van der Waals surface area (Å²) in [6, 6.07) is 2.33. The quantitative estimate of drug-likeness (QED) is 0.829. The summed E-state index contributed by atoms with van der Waals surface area (Å²) in [6.45, 7) is 9.15. The molecule has 25 heavy (non-hydrogen) atoms. The lowest BCUT2D eigenvalue weighted by molar-refractivity contribution is -0.141. The summed E-state index contributed by atoms with van der Waals surface area (Å²) >= 11 is 1.55. The van der Waals surface area contributed by atoms with Gasteiger partial charge in [-0.3, -0.25) is 14.5 Å². The zero-order chi connectivity index (χ0) is 17.6. The van der Waals surface area contributed by atoms with E-state index in [2.05, 4.69) is 23.6 Å². The molecule has 3 aliphatic rings. The third-order valence-corrected chi connectivity index (χ3v) is 6.92. The van der Waals surface area contributed by atoms with Gasteiger partial charge in [0.15, 0.2) is 0 Å². The molecule has 2 atom stereocenters. The number of hydrogen-bond acceptors (Lipinski definition) is 4. The minimum atomic E-state index is -0.402. The van der Waals surface area contributed by atoms with Crippen molar-refractivity contribution in [3.63, 3.8) is 0 Å². The maximum atomic E-state index is 13.4. The third kappa shape index (κ3) is 2.79. The first-order valence-electron chi connectivity index (χ1n) is 9.36. The molecular formula is C19H27N3O2S. The third-order valence-electron chi connectivity index (χ3n) is 6.24. The van der Waals surface area contributed by atoms with Gasteiger partial charge in [-0.05, 0) is 38.1 Å². The van der Waals surface area contributed by atoms with Crippen molar-refractivity contribution in [1.29, 1.82) is 0 Å². The van der Waals surface area contributed by atoms with Crippen LogP contribution in [0, 0.1) is 11.3 Å². The van der Waals surface area contributed by atoms with E-state index >= 15 is 0 Å². The van der Waals surface area contributed by atoms with Crippen LogP contribution in [0.5, 0.6) is 0 Å². The van der Waals surface area contributed by atoms with Crippen molar-refractivity contribution in [2.24, 2.45) is 11.3 Å². The van der Waals surface area contributed by atoms with Crippen LogP contribution >= 0.6 is 11.3 Å². The summed E-state index contributed by atoms with van der Waals surface area (Å²) in [6.07, 6.45) is 2.22. The van der Waals surface area contributed by atoms with Crippen LogP contribution in [-0.2, 0) is 4.79 Å². The van der Waals surface area contributed by atoms with Crippen molar-refractivity contribution >= 4 is 23.2 Å². The second-order valence-electron chi connectivity index (χ2n) is 8.07. The van der Waals surface area contributed by atoms with Gasteiger partial charge in [-0.1, -0.05) is 0 Å². The van der Waals surface area contributed by atoms with Crippen LogP contribution in [0.4, 0.5) is 0 Å². The second kappa shape index (κ2) is 6.40. The molecule has 1 aromatic rings. The van der Waals surface area contributed by atoms with Crippen LogP contribution in [-0.4, -0.2) is 71.8 Å². The number of nitrogens with zero attached hydrogens (tertiary/aromatic N) is 3. The van der Waals surface area contributed by atoms with Crippen LogP contribution in [0.15, 0.2) is 16.8 Å². The van der Waals surface area contributed by atoms with Crippen molar-refractivity contribution in [2.45, 2.75) is 32.7 Å². The lowest BCUT2D eigenvalue weighted by atomic mass is 9.79. The van der Waals surface area contributed by atoms with Gasteiger partial charge < -0.3 is 9.80 Å². The predicted molar refractivity (Wildman–Crippen MR) is 98.7 cm³/mol. The molecule has 3 aliphatic heterocycles. The average molecular weight is 362 g/mol. The Labute approximate surface area is 153 Å². The number of hydrogen-bond donors (Lipinski definition) is 0. The highest BCUT2D eigenvalue weighted by atomic mass is 32.1. The molecule has 4 rings (SSSR count). The van der Waals surface area contributed by atoms with Crippen molar-refractivity contribution in [3.8, 4) is 0 Å². The molecule has 0 N–H and O–H groups in total. The number of amides is 2. The Morgan fingerprint density at radius 3 is 2.56 bits per heavy atom. The Kier molecular flexibility index (Phi) is 4.36. The predicted octanol–water partition coefficient (Wildman–Crippen LogP) is 2.15. The summed E-state index contributed by atoms with van der Waals surface area (Å²) in [5.41, 5.74) is 0.356. The van der Waals surface area contributed by atoms with E-state index in [1.165, 1.54) is 0 Å². The van der Waals surface area contributed by atoms with E-state index in [9.17, 15) is 9.59 Å². The number of carbonyl (C=O) groups excluding carboxylic acids is 2. The molecule has 0 radical (unpaired) electrons. The smallest absolute Gasteiger partial charge is 0.254 e. The van der Waals surface area contributed by atoms with Crippen molar-refractivity contribution in [1.82, 2.24) is 14.7 Å². The fourth-order valence-electron chi connectivity index (χ4n) is 4.76. The Bertz CT molecular complexity index is 654. The van der Waals surface area contributed by atoms with Gasteiger partial charge in [-0.25, -0.2) is 0 Å². The largest absolute Gasteiger partial charge is 0.342 e. The van der Waals surface area contributed by atoms with Crippen LogP contribution in [0.2, 0.25) is 0 Å². The molecule has 1 aromatic heterocycles. The molecule has 0 saturated carbocycles. The van der Waals surface area contributed by atoms with Gasteiger partial charge in [0.25, 0.3) is 5.91 Å². The van der Waals surface area contributed by atoms with Crippen LogP contribution in [0.25, 0.3) is 0 Å². The monoisotopic (exact) mass is 361 g/mol. The lowest BCUT2D eigenvalue weighted by Gasteiger charge is -2.33. The van der Waals surface area contributed by atoms with Crippen molar-refractivity contribution in [3.05, 3.63) is 22.4 Å².